The first kappa shape index (κ1) is 18.4. The van der Waals surface area contributed by atoms with Gasteiger partial charge in [-0.1, -0.05) is 31.5 Å². The number of sulfonamides is 1. The largest absolute Gasteiger partial charge is 0.383 e. The van der Waals surface area contributed by atoms with Gasteiger partial charge >= 0.3 is 0 Å². The van der Waals surface area contributed by atoms with Crippen LogP contribution in [0.5, 0.6) is 0 Å². The number of nitrogens with one attached hydrogen (secondary N) is 1. The monoisotopic (exact) mass is 334 g/mol. The van der Waals surface area contributed by atoms with E-state index in [-0.39, 0.29) is 4.90 Å². The second-order valence-electron chi connectivity index (χ2n) is 4.52. The van der Waals surface area contributed by atoms with Crippen LogP contribution in [0.4, 0.5) is 0 Å². The van der Waals surface area contributed by atoms with Crippen LogP contribution < -0.4 is 5.32 Å². The smallest absolute Gasteiger partial charge is 0.243 e. The molecule has 0 heterocycles. The Morgan fingerprint density at radius 2 is 2.05 bits per heavy atom. The molecule has 0 aromatic heterocycles. The molecule has 0 aliphatic rings. The van der Waals surface area contributed by atoms with Crippen LogP contribution in [-0.4, -0.2) is 46.1 Å². The SMILES string of the molecule is CCNCc1ccc(S(=O)(=O)N(CC)CCOC)cc1Cl. The van der Waals surface area contributed by atoms with E-state index in [0.717, 1.165) is 12.1 Å². The predicted molar refractivity (Wildman–Crippen MR) is 85.1 cm³/mol. The maximum atomic E-state index is 12.5. The van der Waals surface area contributed by atoms with E-state index < -0.39 is 10.0 Å². The van der Waals surface area contributed by atoms with Crippen molar-refractivity contribution in [3.8, 4) is 0 Å². The van der Waals surface area contributed by atoms with E-state index in [4.69, 9.17) is 16.3 Å². The molecule has 1 aromatic carbocycles. The average molecular weight is 335 g/mol. The maximum absolute atomic E-state index is 12.5. The molecular formula is C14H23ClN2O3S. The number of hydrogen-bond donors (Lipinski definition) is 1. The summed E-state index contributed by atoms with van der Waals surface area (Å²) in [6.07, 6.45) is 0. The minimum Gasteiger partial charge on any atom is -0.383 e. The minimum absolute atomic E-state index is 0.214. The summed E-state index contributed by atoms with van der Waals surface area (Å²) in [5.41, 5.74) is 0.886. The fourth-order valence-electron chi connectivity index (χ4n) is 1.88. The maximum Gasteiger partial charge on any atom is 0.243 e. The van der Waals surface area contributed by atoms with E-state index in [1.54, 1.807) is 26.2 Å². The summed E-state index contributed by atoms with van der Waals surface area (Å²) in [6.45, 7) is 6.33. The van der Waals surface area contributed by atoms with Gasteiger partial charge in [0, 0.05) is 31.8 Å². The van der Waals surface area contributed by atoms with Crippen molar-refractivity contribution >= 4 is 21.6 Å². The third-order valence-electron chi connectivity index (χ3n) is 3.13. The third kappa shape index (κ3) is 4.93. The molecule has 0 amide bonds. The Morgan fingerprint density at radius 3 is 2.57 bits per heavy atom. The van der Waals surface area contributed by atoms with Crippen molar-refractivity contribution in [2.75, 3.05) is 33.4 Å². The molecule has 0 saturated heterocycles. The van der Waals surface area contributed by atoms with Crippen LogP contribution in [0.3, 0.4) is 0 Å². The van der Waals surface area contributed by atoms with Gasteiger partial charge in [0.1, 0.15) is 0 Å². The molecule has 0 aliphatic carbocycles. The van der Waals surface area contributed by atoms with Crippen molar-refractivity contribution < 1.29 is 13.2 Å². The topological polar surface area (TPSA) is 58.6 Å². The first-order valence-corrected chi connectivity index (χ1v) is 8.77. The zero-order chi connectivity index (χ0) is 15.9. The van der Waals surface area contributed by atoms with Gasteiger partial charge < -0.3 is 10.1 Å². The van der Waals surface area contributed by atoms with E-state index in [1.165, 1.54) is 10.4 Å². The molecule has 0 aliphatic heterocycles. The Labute approximate surface area is 132 Å². The molecule has 0 bridgehead atoms. The number of likely N-dealkylation sites (N-methyl/N-ethyl adjacent to an activating group) is 1. The van der Waals surface area contributed by atoms with Crippen molar-refractivity contribution in [2.45, 2.75) is 25.3 Å². The number of nitrogens with zero attached hydrogens (tertiary/aromatic N) is 1. The summed E-state index contributed by atoms with van der Waals surface area (Å²) in [6, 6.07) is 4.87. The molecule has 0 atom stereocenters. The highest BCUT2D eigenvalue weighted by atomic mass is 35.5. The summed E-state index contributed by atoms with van der Waals surface area (Å²) in [5, 5.41) is 3.62. The number of benzene rings is 1. The van der Waals surface area contributed by atoms with Gasteiger partial charge in [-0.25, -0.2) is 8.42 Å². The minimum atomic E-state index is -3.53. The Morgan fingerprint density at radius 1 is 1.33 bits per heavy atom. The predicted octanol–water partition coefficient (Wildman–Crippen LogP) is 2.11. The van der Waals surface area contributed by atoms with E-state index in [2.05, 4.69) is 5.32 Å². The summed E-state index contributed by atoms with van der Waals surface area (Å²) >= 11 is 6.18. The van der Waals surface area contributed by atoms with Crippen LogP contribution in [0, 0.1) is 0 Å². The van der Waals surface area contributed by atoms with Crippen molar-refractivity contribution in [1.29, 1.82) is 0 Å². The van der Waals surface area contributed by atoms with Crippen molar-refractivity contribution in [3.05, 3.63) is 28.8 Å². The van der Waals surface area contributed by atoms with Gasteiger partial charge in [-0.2, -0.15) is 4.31 Å². The standard InChI is InChI=1S/C14H23ClN2O3S/c1-4-16-11-12-6-7-13(10-14(12)15)21(18,19)17(5-2)8-9-20-3/h6-7,10,16H,4-5,8-9,11H2,1-3H3. The lowest BCUT2D eigenvalue weighted by Crippen LogP contribution is -2.33. The lowest BCUT2D eigenvalue weighted by Gasteiger charge is -2.20. The summed E-state index contributed by atoms with van der Waals surface area (Å²) in [7, 11) is -1.99. The van der Waals surface area contributed by atoms with Crippen molar-refractivity contribution in [1.82, 2.24) is 9.62 Å². The first-order chi connectivity index (χ1) is 9.97. The highest BCUT2D eigenvalue weighted by Crippen LogP contribution is 2.23. The second kappa shape index (κ2) is 8.70. The van der Waals surface area contributed by atoms with Gasteiger partial charge in [-0.05, 0) is 24.2 Å². The van der Waals surface area contributed by atoms with Gasteiger partial charge in [0.25, 0.3) is 0 Å². The van der Waals surface area contributed by atoms with Gasteiger partial charge in [-0.15, -0.1) is 0 Å². The molecule has 21 heavy (non-hydrogen) atoms. The quantitative estimate of drug-likeness (QED) is 0.751. The van der Waals surface area contributed by atoms with Gasteiger partial charge in [0.2, 0.25) is 10.0 Å². The van der Waals surface area contributed by atoms with Crippen LogP contribution in [0.15, 0.2) is 23.1 Å². The van der Waals surface area contributed by atoms with E-state index in [1.807, 2.05) is 6.92 Å². The Bertz CT molecular complexity index is 549. The van der Waals surface area contributed by atoms with E-state index in [9.17, 15) is 8.42 Å². The molecule has 7 heteroatoms. The highest BCUT2D eigenvalue weighted by molar-refractivity contribution is 7.89. The molecular weight excluding hydrogens is 312 g/mol. The normalized spacial score (nSPS) is 12.0. The number of ether oxygens (including phenoxy) is 1. The van der Waals surface area contributed by atoms with Crippen LogP contribution >= 0.6 is 11.6 Å². The fraction of sp³-hybridized carbons (Fsp3) is 0.571. The molecule has 1 aromatic rings. The lowest BCUT2D eigenvalue weighted by molar-refractivity contribution is 0.180. The number of halogens is 1. The van der Waals surface area contributed by atoms with Crippen LogP contribution in [0.25, 0.3) is 0 Å². The van der Waals surface area contributed by atoms with E-state index >= 15 is 0 Å². The molecule has 5 nitrogen and oxygen atoms in total. The van der Waals surface area contributed by atoms with Crippen molar-refractivity contribution in [3.63, 3.8) is 0 Å². The zero-order valence-corrected chi connectivity index (χ0v) is 14.3. The molecule has 0 fully saturated rings. The summed E-state index contributed by atoms with van der Waals surface area (Å²) in [5.74, 6) is 0. The first-order valence-electron chi connectivity index (χ1n) is 6.95. The van der Waals surface area contributed by atoms with Crippen LogP contribution in [0.1, 0.15) is 19.4 Å². The van der Waals surface area contributed by atoms with Gasteiger partial charge in [0.05, 0.1) is 11.5 Å². The highest BCUT2D eigenvalue weighted by Gasteiger charge is 2.23. The molecule has 1 rings (SSSR count). The Balaban J connectivity index is 3.00. The molecule has 1 N–H and O–H groups in total. The second-order valence-corrected chi connectivity index (χ2v) is 6.87. The van der Waals surface area contributed by atoms with E-state index in [0.29, 0.717) is 31.3 Å². The molecule has 120 valence electrons. The number of methoxy groups -OCH3 is 1. The molecule has 0 radical (unpaired) electrons. The van der Waals surface area contributed by atoms with Crippen LogP contribution in [0.2, 0.25) is 5.02 Å². The summed E-state index contributed by atoms with van der Waals surface area (Å²) < 4.78 is 31.4. The van der Waals surface area contributed by atoms with Crippen LogP contribution in [-0.2, 0) is 21.3 Å². The van der Waals surface area contributed by atoms with Crippen molar-refractivity contribution in [2.24, 2.45) is 0 Å². The molecule has 0 unspecified atom stereocenters. The third-order valence-corrected chi connectivity index (χ3v) is 5.45. The fourth-order valence-corrected chi connectivity index (χ4v) is 3.65. The number of hydrogen-bond acceptors (Lipinski definition) is 4. The Kier molecular flexibility index (Phi) is 7.62. The summed E-state index contributed by atoms with van der Waals surface area (Å²) in [4.78, 5) is 0.214. The molecule has 0 saturated carbocycles. The lowest BCUT2D eigenvalue weighted by atomic mass is 10.2. The van der Waals surface area contributed by atoms with Gasteiger partial charge in [0.15, 0.2) is 0 Å². The van der Waals surface area contributed by atoms with Gasteiger partial charge in [-0.3, -0.25) is 0 Å². The molecule has 0 spiro atoms. The number of rotatable bonds is 9. The average Bonchev–Trinajstić information content (AvgIpc) is 2.46. The Hall–Kier alpha value is -0.660. The zero-order valence-electron chi connectivity index (χ0n) is 12.7.